The van der Waals surface area contributed by atoms with Gasteiger partial charge in [0.25, 0.3) is 5.91 Å². The average Bonchev–Trinajstić information content (AvgIpc) is 2.85. The first-order chi connectivity index (χ1) is 17.2. The van der Waals surface area contributed by atoms with Crippen molar-refractivity contribution in [3.05, 3.63) is 65.5 Å². The average molecular weight is 500 g/mol. The van der Waals surface area contributed by atoms with Gasteiger partial charge in [-0.25, -0.2) is 9.18 Å². The van der Waals surface area contributed by atoms with E-state index in [0.29, 0.717) is 16.9 Å². The number of hydrogen-bond acceptors (Lipinski definition) is 6. The van der Waals surface area contributed by atoms with Crippen molar-refractivity contribution in [2.75, 3.05) is 19.7 Å². The molecule has 5 N–H and O–H groups in total. The molecule has 4 rings (SSSR count). The fourth-order valence-corrected chi connectivity index (χ4v) is 3.38. The molecule has 36 heavy (non-hydrogen) atoms. The van der Waals surface area contributed by atoms with Gasteiger partial charge in [0.15, 0.2) is 6.61 Å². The molecule has 4 amide bonds. The number of amides is 4. The van der Waals surface area contributed by atoms with Gasteiger partial charge in [-0.3, -0.25) is 19.2 Å². The molecule has 0 fully saturated rings. The molecule has 0 spiro atoms. The Hall–Kier alpha value is -4.48. The monoisotopic (exact) mass is 500 g/mol. The number of carboxylic acid groups (broad SMARTS) is 1. The summed E-state index contributed by atoms with van der Waals surface area (Å²) in [5.41, 5.74) is 1.13. The number of carboxylic acids is 1. The molecule has 2 aliphatic rings. The molecule has 0 aliphatic carbocycles. The van der Waals surface area contributed by atoms with Gasteiger partial charge in [0.05, 0.1) is 13.1 Å². The first kappa shape index (κ1) is 26.1. The maximum absolute atomic E-state index is 13.2. The molecule has 2 heterocycles. The maximum atomic E-state index is 13.2. The molecule has 11 nitrogen and oxygen atoms in total. The van der Waals surface area contributed by atoms with Gasteiger partial charge in [-0.05, 0) is 35.4 Å². The number of rotatable bonds is 3. The number of aliphatic carboxylic acids is 1. The zero-order valence-electron chi connectivity index (χ0n) is 19.1. The molecule has 12 heteroatoms. The van der Waals surface area contributed by atoms with E-state index in [0.717, 1.165) is 0 Å². The zero-order chi connectivity index (χ0) is 26.1. The van der Waals surface area contributed by atoms with Crippen LogP contribution in [0.25, 0.3) is 0 Å². The van der Waals surface area contributed by atoms with Crippen LogP contribution < -0.4 is 26.0 Å². The first-order valence-electron chi connectivity index (χ1n) is 11.0. The fraction of sp³-hybridized carbons (Fsp3) is 0.292. The van der Waals surface area contributed by atoms with Crippen LogP contribution in [0, 0.1) is 5.82 Å². The van der Waals surface area contributed by atoms with Crippen LogP contribution >= 0.6 is 0 Å². The summed E-state index contributed by atoms with van der Waals surface area (Å²) >= 11 is 0. The van der Waals surface area contributed by atoms with Crippen molar-refractivity contribution in [3.8, 4) is 5.75 Å². The summed E-state index contributed by atoms with van der Waals surface area (Å²) < 4.78 is 18.6. The lowest BCUT2D eigenvalue weighted by atomic mass is 10.0. The maximum Gasteiger partial charge on any atom is 0.326 e. The third-order valence-corrected chi connectivity index (χ3v) is 5.24. The van der Waals surface area contributed by atoms with Crippen molar-refractivity contribution in [3.63, 3.8) is 0 Å². The van der Waals surface area contributed by atoms with E-state index in [4.69, 9.17) is 4.74 Å². The molecule has 2 aliphatic heterocycles. The van der Waals surface area contributed by atoms with Crippen molar-refractivity contribution in [1.82, 2.24) is 21.3 Å². The van der Waals surface area contributed by atoms with E-state index >= 15 is 0 Å². The van der Waals surface area contributed by atoms with E-state index in [1.165, 1.54) is 24.3 Å². The second-order valence-electron chi connectivity index (χ2n) is 8.04. The molecule has 190 valence electrons. The van der Waals surface area contributed by atoms with Crippen LogP contribution in [0.2, 0.25) is 0 Å². The number of benzene rings is 2. The molecule has 0 aromatic heterocycles. The predicted octanol–water partition coefficient (Wildman–Crippen LogP) is -0.710. The fourth-order valence-electron chi connectivity index (χ4n) is 3.38. The highest BCUT2D eigenvalue weighted by Gasteiger charge is 2.24. The Morgan fingerprint density at radius 1 is 0.889 bits per heavy atom. The number of nitrogens with one attached hydrogen (secondary N) is 4. The van der Waals surface area contributed by atoms with Gasteiger partial charge < -0.3 is 31.1 Å². The van der Waals surface area contributed by atoms with Crippen LogP contribution in [0.15, 0.2) is 48.5 Å². The second-order valence-corrected chi connectivity index (χ2v) is 8.04. The van der Waals surface area contributed by atoms with Crippen LogP contribution in [0.1, 0.15) is 11.1 Å². The summed E-state index contributed by atoms with van der Waals surface area (Å²) in [6.07, 6.45) is -0.0543. The molecular formula is C24H25FN4O7. The molecule has 0 unspecified atom stereocenters. The minimum absolute atomic E-state index is 0.0255. The van der Waals surface area contributed by atoms with Gasteiger partial charge in [-0.2, -0.15) is 0 Å². The Kier molecular flexibility index (Phi) is 8.92. The van der Waals surface area contributed by atoms with Crippen LogP contribution in [-0.4, -0.2) is 66.5 Å². The number of carbonyl (C=O) groups is 5. The summed E-state index contributed by atoms with van der Waals surface area (Å²) in [7, 11) is 0. The van der Waals surface area contributed by atoms with E-state index in [1.54, 1.807) is 24.3 Å². The molecule has 0 saturated carbocycles. The van der Waals surface area contributed by atoms with Crippen molar-refractivity contribution < 1.29 is 38.2 Å². The van der Waals surface area contributed by atoms with Crippen molar-refractivity contribution >= 4 is 29.6 Å². The molecule has 0 radical (unpaired) electrons. The molecule has 2 atom stereocenters. The summed E-state index contributed by atoms with van der Waals surface area (Å²) in [5.74, 6) is -4.11. The first-order valence-corrected chi connectivity index (χ1v) is 11.0. The van der Waals surface area contributed by atoms with Gasteiger partial charge >= 0.3 is 5.97 Å². The summed E-state index contributed by atoms with van der Waals surface area (Å²) in [5, 5.41) is 19.1. The minimum atomic E-state index is -1.26. The molecular weight excluding hydrogens is 475 g/mol. The van der Waals surface area contributed by atoms with Gasteiger partial charge in [0.2, 0.25) is 17.7 Å². The van der Waals surface area contributed by atoms with E-state index in [1.807, 2.05) is 0 Å². The third kappa shape index (κ3) is 8.08. The Labute approximate surface area is 205 Å². The lowest BCUT2D eigenvalue weighted by Crippen LogP contribution is -2.53. The lowest BCUT2D eigenvalue weighted by Gasteiger charge is -2.19. The van der Waals surface area contributed by atoms with Gasteiger partial charge in [0, 0.05) is 12.8 Å². The van der Waals surface area contributed by atoms with E-state index in [9.17, 15) is 33.5 Å². The Morgan fingerprint density at radius 3 is 2.19 bits per heavy atom. The Bertz CT molecular complexity index is 1120. The van der Waals surface area contributed by atoms with Gasteiger partial charge in [-0.15, -0.1) is 0 Å². The number of fused-ring (bicyclic) bond motifs is 16. The van der Waals surface area contributed by atoms with Crippen LogP contribution in [0.4, 0.5) is 4.39 Å². The molecule has 2 bridgehead atoms. The van der Waals surface area contributed by atoms with Crippen LogP contribution in [0.5, 0.6) is 5.75 Å². The van der Waals surface area contributed by atoms with Crippen molar-refractivity contribution in [1.29, 1.82) is 0 Å². The number of halogens is 1. The number of carbonyl (C=O) groups excluding carboxylic acids is 4. The highest BCUT2D eigenvalue weighted by molar-refractivity contribution is 5.93. The van der Waals surface area contributed by atoms with E-state index in [-0.39, 0.29) is 19.4 Å². The Morgan fingerprint density at radius 2 is 1.53 bits per heavy atom. The standard InChI is InChI=1S/C24H25FN4O7/c25-16-5-1-14(2-6-16)9-18-23(33)27-12-21(31)29-19(24(34)35)10-15-3-7-17(8-4-15)36-13-22(32)26-11-20(30)28-18/h1-8,18-19H,9-13H2,(H,26,32)(H,27,33)(H,28,30)(H,29,31)(H,34,35)/t18-,19+/m1/s1. The molecule has 2 aromatic carbocycles. The largest absolute Gasteiger partial charge is 0.484 e. The van der Waals surface area contributed by atoms with Gasteiger partial charge in [0.1, 0.15) is 23.7 Å². The van der Waals surface area contributed by atoms with Gasteiger partial charge in [-0.1, -0.05) is 24.3 Å². The topological polar surface area (TPSA) is 163 Å². The summed E-state index contributed by atoms with van der Waals surface area (Å²) in [4.78, 5) is 61.2. The molecule has 2 aromatic rings. The lowest BCUT2D eigenvalue weighted by molar-refractivity contribution is -0.141. The van der Waals surface area contributed by atoms with Crippen LogP contribution in [0.3, 0.4) is 0 Å². The Balaban J connectivity index is 1.77. The molecule has 0 saturated heterocycles. The smallest absolute Gasteiger partial charge is 0.326 e. The van der Waals surface area contributed by atoms with E-state index < -0.39 is 60.6 Å². The number of hydrogen-bond donors (Lipinski definition) is 5. The minimum Gasteiger partial charge on any atom is -0.484 e. The summed E-state index contributed by atoms with van der Waals surface area (Å²) in [6.45, 7) is -1.35. The summed E-state index contributed by atoms with van der Waals surface area (Å²) in [6, 6.07) is 9.15. The normalized spacial score (nSPS) is 19.9. The van der Waals surface area contributed by atoms with Crippen LogP contribution in [-0.2, 0) is 36.8 Å². The third-order valence-electron chi connectivity index (χ3n) is 5.24. The predicted molar refractivity (Wildman–Crippen MR) is 123 cm³/mol. The zero-order valence-corrected chi connectivity index (χ0v) is 19.1. The second kappa shape index (κ2) is 12.3. The highest BCUT2D eigenvalue weighted by atomic mass is 19.1. The van der Waals surface area contributed by atoms with Crippen molar-refractivity contribution in [2.24, 2.45) is 0 Å². The number of ether oxygens (including phenoxy) is 1. The highest BCUT2D eigenvalue weighted by Crippen LogP contribution is 2.14. The SMILES string of the molecule is O=C1COc2ccc(cc2)C[C@@H](C(=O)O)NC(=O)CNC(=O)[C@@H](Cc2ccc(F)cc2)NC(=O)CN1. The van der Waals surface area contributed by atoms with Crippen molar-refractivity contribution in [2.45, 2.75) is 24.9 Å². The quantitative estimate of drug-likeness (QED) is 0.348. The van der Waals surface area contributed by atoms with E-state index in [2.05, 4.69) is 21.3 Å².